The van der Waals surface area contributed by atoms with Crippen molar-refractivity contribution < 1.29 is 23.9 Å². The van der Waals surface area contributed by atoms with Crippen LogP contribution in [0.1, 0.15) is 19.3 Å². The highest BCUT2D eigenvalue weighted by molar-refractivity contribution is 6.34. The summed E-state index contributed by atoms with van der Waals surface area (Å²) in [6.45, 7) is 0.719. The Balaban J connectivity index is 1.46. The second kappa shape index (κ2) is 7.23. The summed E-state index contributed by atoms with van der Waals surface area (Å²) in [5.41, 5.74) is 0.351. The van der Waals surface area contributed by atoms with Gasteiger partial charge in [0.2, 0.25) is 17.7 Å². The van der Waals surface area contributed by atoms with Crippen LogP contribution in [0, 0.1) is 11.8 Å². The van der Waals surface area contributed by atoms with Crippen LogP contribution in [0.15, 0.2) is 24.3 Å². The molecule has 1 aliphatic carbocycles. The number of rotatable bonds is 3. The summed E-state index contributed by atoms with van der Waals surface area (Å²) in [5.74, 6) is -0.730. The van der Waals surface area contributed by atoms with Crippen molar-refractivity contribution in [1.29, 1.82) is 0 Å². The molecular weight excluding hydrogens is 372 g/mol. The number of ether oxygens (including phenoxy) is 2. The number of anilines is 1. The van der Waals surface area contributed by atoms with Gasteiger partial charge in [-0.05, 0) is 12.8 Å². The van der Waals surface area contributed by atoms with Crippen molar-refractivity contribution in [3.8, 4) is 11.5 Å². The van der Waals surface area contributed by atoms with E-state index < -0.39 is 5.91 Å². The van der Waals surface area contributed by atoms with Crippen LogP contribution < -0.4 is 14.8 Å². The summed E-state index contributed by atoms with van der Waals surface area (Å²) in [4.78, 5) is 38.4. The lowest BCUT2D eigenvalue weighted by Crippen LogP contribution is -2.38. The van der Waals surface area contributed by atoms with E-state index in [0.717, 1.165) is 11.3 Å². The molecule has 3 amide bonds. The van der Waals surface area contributed by atoms with E-state index in [1.807, 2.05) is 12.2 Å². The normalized spacial score (nSPS) is 23.8. The number of imide groups is 1. The highest BCUT2D eigenvalue weighted by Gasteiger charge is 2.47. The van der Waals surface area contributed by atoms with Gasteiger partial charge in [0, 0.05) is 18.6 Å². The fraction of sp³-hybridized carbons (Fsp3) is 0.421. The van der Waals surface area contributed by atoms with Crippen LogP contribution in [-0.4, -0.2) is 42.4 Å². The first-order valence-electron chi connectivity index (χ1n) is 8.94. The maximum absolute atomic E-state index is 12.5. The summed E-state index contributed by atoms with van der Waals surface area (Å²) < 4.78 is 11.2. The van der Waals surface area contributed by atoms with E-state index in [9.17, 15) is 14.4 Å². The van der Waals surface area contributed by atoms with Crippen LogP contribution in [0.4, 0.5) is 5.69 Å². The second-order valence-electron chi connectivity index (χ2n) is 6.80. The highest BCUT2D eigenvalue weighted by atomic mass is 35.5. The number of allylic oxidation sites excluding steroid dienone is 2. The SMILES string of the molecule is O=C(CN1C(=O)[C@@H]2CC=CC[C@H]2C1=O)Nc1cc2c(cc1Cl)OCCCO2. The Labute approximate surface area is 161 Å². The van der Waals surface area contributed by atoms with Gasteiger partial charge < -0.3 is 14.8 Å². The molecule has 3 aliphatic rings. The van der Waals surface area contributed by atoms with Crippen LogP contribution in [0.2, 0.25) is 5.02 Å². The standard InChI is InChI=1S/C19H19ClN2O5/c20-13-8-15-16(27-7-3-6-26-15)9-14(13)21-17(23)10-22-18(24)11-4-1-2-5-12(11)19(22)25/h1-2,8-9,11-12H,3-7,10H2,(H,21,23)/t11-,12-/m1/s1. The third kappa shape index (κ3) is 3.39. The molecule has 1 saturated heterocycles. The number of likely N-dealkylation sites (tertiary alicyclic amines) is 1. The Morgan fingerprint density at radius 1 is 1.07 bits per heavy atom. The predicted octanol–water partition coefficient (Wildman–Crippen LogP) is 2.39. The first-order valence-corrected chi connectivity index (χ1v) is 9.31. The molecule has 0 aromatic heterocycles. The third-order valence-corrected chi connectivity index (χ3v) is 5.32. The monoisotopic (exact) mass is 390 g/mol. The van der Waals surface area contributed by atoms with E-state index in [0.29, 0.717) is 48.3 Å². The van der Waals surface area contributed by atoms with Gasteiger partial charge in [-0.25, -0.2) is 0 Å². The smallest absolute Gasteiger partial charge is 0.244 e. The molecule has 0 saturated carbocycles. The van der Waals surface area contributed by atoms with Gasteiger partial charge in [0.15, 0.2) is 11.5 Å². The number of benzene rings is 1. The minimum atomic E-state index is -0.486. The van der Waals surface area contributed by atoms with Crippen LogP contribution >= 0.6 is 11.6 Å². The molecule has 1 fully saturated rings. The average Bonchev–Trinajstić information content (AvgIpc) is 2.81. The van der Waals surface area contributed by atoms with E-state index in [2.05, 4.69) is 5.32 Å². The van der Waals surface area contributed by atoms with Gasteiger partial charge >= 0.3 is 0 Å². The minimum absolute atomic E-state index is 0.283. The number of hydrogen-bond acceptors (Lipinski definition) is 5. The van der Waals surface area contributed by atoms with E-state index >= 15 is 0 Å². The lowest BCUT2D eigenvalue weighted by molar-refractivity contribution is -0.142. The molecule has 0 spiro atoms. The zero-order valence-electron chi connectivity index (χ0n) is 14.6. The number of carbonyl (C=O) groups excluding carboxylic acids is 3. The number of nitrogens with one attached hydrogen (secondary N) is 1. The van der Waals surface area contributed by atoms with Gasteiger partial charge in [-0.2, -0.15) is 0 Å². The Bertz CT molecular complexity index is 812. The zero-order chi connectivity index (χ0) is 19.0. The quantitative estimate of drug-likeness (QED) is 0.632. The van der Waals surface area contributed by atoms with Gasteiger partial charge in [0.05, 0.1) is 35.8 Å². The number of fused-ring (bicyclic) bond motifs is 2. The molecule has 7 nitrogen and oxygen atoms in total. The number of carbonyl (C=O) groups is 3. The highest BCUT2D eigenvalue weighted by Crippen LogP contribution is 2.38. The maximum atomic E-state index is 12.5. The van der Waals surface area contributed by atoms with Crippen LogP contribution in [-0.2, 0) is 14.4 Å². The van der Waals surface area contributed by atoms with Gasteiger partial charge in [-0.3, -0.25) is 19.3 Å². The molecule has 0 unspecified atom stereocenters. The Morgan fingerprint density at radius 2 is 1.67 bits per heavy atom. The van der Waals surface area contributed by atoms with Crippen LogP contribution in [0.25, 0.3) is 0 Å². The fourth-order valence-corrected chi connectivity index (χ4v) is 3.84. The fourth-order valence-electron chi connectivity index (χ4n) is 3.64. The Kier molecular flexibility index (Phi) is 4.78. The van der Waals surface area contributed by atoms with Crippen molar-refractivity contribution in [3.05, 3.63) is 29.3 Å². The summed E-state index contributed by atoms with van der Waals surface area (Å²) in [7, 11) is 0. The molecule has 1 aromatic carbocycles. The molecule has 2 atom stereocenters. The number of halogens is 1. The molecule has 0 bridgehead atoms. The van der Waals surface area contributed by atoms with Gasteiger partial charge in [-0.15, -0.1) is 0 Å². The Morgan fingerprint density at radius 3 is 2.30 bits per heavy atom. The summed E-state index contributed by atoms with van der Waals surface area (Å²) in [6, 6.07) is 3.18. The van der Waals surface area contributed by atoms with Gasteiger partial charge in [0.1, 0.15) is 6.54 Å². The van der Waals surface area contributed by atoms with Gasteiger partial charge in [0.25, 0.3) is 0 Å². The summed E-state index contributed by atoms with van der Waals surface area (Å²) in [5, 5.41) is 2.96. The first kappa shape index (κ1) is 17.9. The average molecular weight is 391 g/mol. The van der Waals surface area contributed by atoms with E-state index in [1.54, 1.807) is 12.1 Å². The van der Waals surface area contributed by atoms with Gasteiger partial charge in [-0.1, -0.05) is 23.8 Å². The third-order valence-electron chi connectivity index (χ3n) is 5.01. The number of hydrogen-bond donors (Lipinski definition) is 1. The van der Waals surface area contributed by atoms with Crippen LogP contribution in [0.5, 0.6) is 11.5 Å². The molecule has 2 aliphatic heterocycles. The van der Waals surface area contributed by atoms with Crippen molar-refractivity contribution in [2.75, 3.05) is 25.1 Å². The van der Waals surface area contributed by atoms with E-state index in [4.69, 9.17) is 21.1 Å². The van der Waals surface area contributed by atoms with Crippen molar-refractivity contribution in [2.45, 2.75) is 19.3 Å². The van der Waals surface area contributed by atoms with Crippen molar-refractivity contribution in [1.82, 2.24) is 4.90 Å². The zero-order valence-corrected chi connectivity index (χ0v) is 15.3. The molecule has 27 heavy (non-hydrogen) atoms. The second-order valence-corrected chi connectivity index (χ2v) is 7.20. The molecular formula is C19H19ClN2O5. The van der Waals surface area contributed by atoms with Crippen molar-refractivity contribution >= 4 is 35.0 Å². The number of nitrogens with zero attached hydrogens (tertiary/aromatic N) is 1. The van der Waals surface area contributed by atoms with Crippen molar-refractivity contribution in [2.24, 2.45) is 11.8 Å². The van der Waals surface area contributed by atoms with E-state index in [-0.39, 0.29) is 30.2 Å². The molecule has 0 radical (unpaired) electrons. The largest absolute Gasteiger partial charge is 0.490 e. The predicted molar refractivity (Wildman–Crippen MR) is 97.8 cm³/mol. The Hall–Kier alpha value is -2.54. The summed E-state index contributed by atoms with van der Waals surface area (Å²) in [6.07, 6.45) is 5.66. The van der Waals surface area contributed by atoms with Crippen molar-refractivity contribution in [3.63, 3.8) is 0 Å². The number of amides is 3. The molecule has 1 aromatic rings. The summed E-state index contributed by atoms with van der Waals surface area (Å²) >= 11 is 6.23. The minimum Gasteiger partial charge on any atom is -0.490 e. The maximum Gasteiger partial charge on any atom is 0.244 e. The van der Waals surface area contributed by atoms with Crippen LogP contribution in [0.3, 0.4) is 0 Å². The molecule has 2 heterocycles. The molecule has 142 valence electrons. The topological polar surface area (TPSA) is 84.9 Å². The molecule has 1 N–H and O–H groups in total. The molecule has 8 heteroatoms. The lowest BCUT2D eigenvalue weighted by atomic mass is 9.85. The lowest BCUT2D eigenvalue weighted by Gasteiger charge is -2.16. The van der Waals surface area contributed by atoms with E-state index in [1.165, 1.54) is 0 Å². The molecule has 4 rings (SSSR count). The first-order chi connectivity index (χ1) is 13.0.